The van der Waals surface area contributed by atoms with Gasteiger partial charge in [0.1, 0.15) is 0 Å². The third-order valence-electron chi connectivity index (χ3n) is 2.81. The molecule has 1 rings (SSSR count). The van der Waals surface area contributed by atoms with Gasteiger partial charge in [0.05, 0.1) is 0 Å². The summed E-state index contributed by atoms with van der Waals surface area (Å²) in [6, 6.07) is 0.442. The third-order valence-corrected chi connectivity index (χ3v) is 2.81. The minimum atomic E-state index is 0. The number of hydrogen-bond donors (Lipinski definition) is 1. The van der Waals surface area contributed by atoms with Gasteiger partial charge in [-0.05, 0) is 18.8 Å². The molecule has 0 aromatic heterocycles. The summed E-state index contributed by atoms with van der Waals surface area (Å²) in [6.45, 7) is 11.3. The van der Waals surface area contributed by atoms with Crippen LogP contribution in [0.2, 0.25) is 0 Å². The van der Waals surface area contributed by atoms with Crippen LogP contribution in [0, 0.1) is 5.41 Å². The highest BCUT2D eigenvalue weighted by Crippen LogP contribution is 2.21. The number of halogens is 1. The maximum Gasteiger partial charge on any atom is 0.222 e. The molecule has 0 aromatic carbocycles. The Bertz CT molecular complexity index is 226. The predicted octanol–water partition coefficient (Wildman–Crippen LogP) is 2.05. The van der Waals surface area contributed by atoms with Crippen LogP contribution >= 0.6 is 12.4 Å². The van der Waals surface area contributed by atoms with Crippen molar-refractivity contribution in [2.75, 3.05) is 19.6 Å². The van der Waals surface area contributed by atoms with Gasteiger partial charge in [0.15, 0.2) is 0 Å². The molecule has 0 radical (unpaired) electrons. The molecular formula is C12H25ClN2O. The first-order valence-corrected chi connectivity index (χ1v) is 5.90. The van der Waals surface area contributed by atoms with E-state index < -0.39 is 0 Å². The van der Waals surface area contributed by atoms with Crippen LogP contribution in [0.25, 0.3) is 0 Å². The Hall–Kier alpha value is -0.280. The van der Waals surface area contributed by atoms with E-state index in [1.807, 2.05) is 4.90 Å². The molecule has 0 saturated carbocycles. The van der Waals surface area contributed by atoms with Crippen LogP contribution in [0.15, 0.2) is 0 Å². The average Bonchev–Trinajstić information content (AvgIpc) is 2.13. The summed E-state index contributed by atoms with van der Waals surface area (Å²) in [4.78, 5) is 13.9. The van der Waals surface area contributed by atoms with Crippen molar-refractivity contribution in [3.8, 4) is 0 Å². The quantitative estimate of drug-likeness (QED) is 0.811. The summed E-state index contributed by atoms with van der Waals surface area (Å²) in [5.74, 6) is 0.318. The van der Waals surface area contributed by atoms with Gasteiger partial charge < -0.3 is 10.2 Å². The molecule has 0 aliphatic carbocycles. The fourth-order valence-corrected chi connectivity index (χ4v) is 1.80. The first kappa shape index (κ1) is 15.7. The maximum atomic E-state index is 11.9. The number of carbonyl (C=O) groups is 1. The number of hydrogen-bond acceptors (Lipinski definition) is 2. The number of amides is 1. The van der Waals surface area contributed by atoms with Crippen molar-refractivity contribution < 1.29 is 4.79 Å². The first-order valence-electron chi connectivity index (χ1n) is 5.90. The van der Waals surface area contributed by atoms with Gasteiger partial charge in [-0.15, -0.1) is 12.4 Å². The molecule has 1 unspecified atom stereocenters. The van der Waals surface area contributed by atoms with E-state index in [2.05, 4.69) is 33.0 Å². The van der Waals surface area contributed by atoms with E-state index in [0.29, 0.717) is 18.4 Å². The van der Waals surface area contributed by atoms with Crippen LogP contribution in [0.1, 0.15) is 40.5 Å². The van der Waals surface area contributed by atoms with Gasteiger partial charge in [-0.2, -0.15) is 0 Å². The molecule has 1 amide bonds. The molecular weight excluding hydrogens is 224 g/mol. The first-order chi connectivity index (χ1) is 6.88. The number of nitrogens with zero attached hydrogens (tertiary/aromatic N) is 1. The van der Waals surface area contributed by atoms with Crippen LogP contribution < -0.4 is 5.32 Å². The SMILES string of the molecule is CC1CN(C(=O)CCC(C)(C)C)CCN1.Cl. The minimum Gasteiger partial charge on any atom is -0.340 e. The van der Waals surface area contributed by atoms with Gasteiger partial charge in [0.2, 0.25) is 5.91 Å². The Morgan fingerprint density at radius 3 is 2.56 bits per heavy atom. The van der Waals surface area contributed by atoms with E-state index in [1.165, 1.54) is 0 Å². The largest absolute Gasteiger partial charge is 0.340 e. The maximum absolute atomic E-state index is 11.9. The molecule has 1 aliphatic heterocycles. The van der Waals surface area contributed by atoms with E-state index in [1.54, 1.807) is 0 Å². The summed E-state index contributed by atoms with van der Waals surface area (Å²) in [7, 11) is 0. The second-order valence-corrected chi connectivity index (χ2v) is 5.76. The molecule has 1 N–H and O–H groups in total. The van der Waals surface area contributed by atoms with Crippen LogP contribution in [0.3, 0.4) is 0 Å². The number of nitrogens with one attached hydrogen (secondary N) is 1. The lowest BCUT2D eigenvalue weighted by molar-refractivity contribution is -0.132. The lowest BCUT2D eigenvalue weighted by Gasteiger charge is -2.32. The molecule has 1 saturated heterocycles. The number of piperazine rings is 1. The molecule has 96 valence electrons. The zero-order chi connectivity index (χ0) is 11.5. The topological polar surface area (TPSA) is 32.3 Å². The van der Waals surface area contributed by atoms with Crippen molar-refractivity contribution in [1.82, 2.24) is 10.2 Å². The zero-order valence-corrected chi connectivity index (χ0v) is 11.7. The van der Waals surface area contributed by atoms with Crippen molar-refractivity contribution in [3.63, 3.8) is 0 Å². The van der Waals surface area contributed by atoms with Crippen LogP contribution in [-0.4, -0.2) is 36.5 Å². The average molecular weight is 249 g/mol. The number of rotatable bonds is 2. The Morgan fingerprint density at radius 2 is 2.06 bits per heavy atom. The molecule has 4 heteroatoms. The van der Waals surface area contributed by atoms with E-state index in [-0.39, 0.29) is 17.8 Å². The predicted molar refractivity (Wildman–Crippen MR) is 70.0 cm³/mol. The summed E-state index contributed by atoms with van der Waals surface area (Å²) in [5.41, 5.74) is 0.259. The van der Waals surface area contributed by atoms with Crippen molar-refractivity contribution in [3.05, 3.63) is 0 Å². The second kappa shape index (κ2) is 6.45. The molecule has 3 nitrogen and oxygen atoms in total. The highest BCUT2D eigenvalue weighted by Gasteiger charge is 2.21. The lowest BCUT2D eigenvalue weighted by atomic mass is 9.90. The van der Waals surface area contributed by atoms with Crippen LogP contribution in [0.5, 0.6) is 0 Å². The Labute approximate surface area is 105 Å². The van der Waals surface area contributed by atoms with Crippen LogP contribution in [-0.2, 0) is 4.79 Å². The highest BCUT2D eigenvalue weighted by molar-refractivity contribution is 5.85. The molecule has 1 heterocycles. The monoisotopic (exact) mass is 248 g/mol. The Balaban J connectivity index is 0.00000225. The molecule has 1 fully saturated rings. The zero-order valence-electron chi connectivity index (χ0n) is 10.9. The van der Waals surface area contributed by atoms with Crippen molar-refractivity contribution >= 4 is 18.3 Å². The molecule has 16 heavy (non-hydrogen) atoms. The van der Waals surface area contributed by atoms with Crippen molar-refractivity contribution in [2.45, 2.75) is 46.6 Å². The van der Waals surface area contributed by atoms with Gasteiger partial charge in [0, 0.05) is 32.1 Å². The fraction of sp³-hybridized carbons (Fsp3) is 0.917. The second-order valence-electron chi connectivity index (χ2n) is 5.76. The van der Waals surface area contributed by atoms with E-state index in [0.717, 1.165) is 26.1 Å². The van der Waals surface area contributed by atoms with Crippen LogP contribution in [0.4, 0.5) is 0 Å². The Kier molecular flexibility index (Phi) is 6.34. The fourth-order valence-electron chi connectivity index (χ4n) is 1.80. The van der Waals surface area contributed by atoms with Crippen molar-refractivity contribution in [2.24, 2.45) is 5.41 Å². The lowest BCUT2D eigenvalue weighted by Crippen LogP contribution is -2.51. The molecule has 1 atom stereocenters. The van der Waals surface area contributed by atoms with Gasteiger partial charge >= 0.3 is 0 Å². The standard InChI is InChI=1S/C12H24N2O.ClH/c1-10-9-14(8-7-13-10)11(15)5-6-12(2,3)4;/h10,13H,5-9H2,1-4H3;1H. The van der Waals surface area contributed by atoms with Gasteiger partial charge in [-0.3, -0.25) is 4.79 Å². The molecule has 0 bridgehead atoms. The third kappa shape index (κ3) is 5.71. The van der Waals surface area contributed by atoms with E-state index in [4.69, 9.17) is 0 Å². The minimum absolute atomic E-state index is 0. The van der Waals surface area contributed by atoms with Crippen molar-refractivity contribution in [1.29, 1.82) is 0 Å². The molecule has 0 aromatic rings. The van der Waals surface area contributed by atoms with Gasteiger partial charge in [0.25, 0.3) is 0 Å². The van der Waals surface area contributed by atoms with E-state index >= 15 is 0 Å². The number of carbonyl (C=O) groups excluding carboxylic acids is 1. The van der Waals surface area contributed by atoms with E-state index in [9.17, 15) is 4.79 Å². The van der Waals surface area contributed by atoms with Gasteiger partial charge in [-0.25, -0.2) is 0 Å². The Morgan fingerprint density at radius 1 is 1.44 bits per heavy atom. The normalized spacial score (nSPS) is 21.5. The summed E-state index contributed by atoms with van der Waals surface area (Å²) in [5, 5.41) is 3.35. The molecule has 1 aliphatic rings. The summed E-state index contributed by atoms with van der Waals surface area (Å²) < 4.78 is 0. The van der Waals surface area contributed by atoms with Gasteiger partial charge in [-0.1, -0.05) is 20.8 Å². The smallest absolute Gasteiger partial charge is 0.222 e. The summed E-state index contributed by atoms with van der Waals surface area (Å²) >= 11 is 0. The molecule has 0 spiro atoms. The highest BCUT2D eigenvalue weighted by atomic mass is 35.5. The summed E-state index contributed by atoms with van der Waals surface area (Å²) in [6.07, 6.45) is 1.67.